The number of nitrogens with two attached hydrogens (primary N) is 1. The molecule has 0 amide bonds. The van der Waals surface area contributed by atoms with Crippen molar-refractivity contribution in [2.75, 3.05) is 19.6 Å². The Bertz CT molecular complexity index is 1440. The molecule has 3 atom stereocenters. The average Bonchev–Trinajstić information content (AvgIpc) is 2.96. The Kier molecular flexibility index (Phi) is 14.5. The largest absolute Gasteiger partial charge is 0.456 e. The molecule has 1 saturated heterocycles. The van der Waals surface area contributed by atoms with Gasteiger partial charge in [0.2, 0.25) is 0 Å². The molecule has 0 aromatic heterocycles. The molecule has 7 nitrogen and oxygen atoms in total. The van der Waals surface area contributed by atoms with Gasteiger partial charge in [-0.15, -0.1) is 24.8 Å². The summed E-state index contributed by atoms with van der Waals surface area (Å²) < 4.78 is 59.8. The Morgan fingerprint density at radius 3 is 2.40 bits per heavy atom. The summed E-state index contributed by atoms with van der Waals surface area (Å²) in [5.74, 6) is -2.17. The molecule has 1 fully saturated rings. The number of esters is 1. The number of benzene rings is 3. The number of nitrogens with one attached hydrogen (secondary N) is 2. The summed E-state index contributed by atoms with van der Waals surface area (Å²) in [7, 11) is -3.64. The van der Waals surface area contributed by atoms with E-state index in [9.17, 15) is 22.0 Å². The van der Waals surface area contributed by atoms with Gasteiger partial charge in [0.25, 0.3) is 0 Å². The van der Waals surface area contributed by atoms with Crippen molar-refractivity contribution in [3.8, 4) is 0 Å². The lowest BCUT2D eigenvalue weighted by molar-refractivity contribution is 0.0238. The summed E-state index contributed by atoms with van der Waals surface area (Å²) in [6.45, 7) is 3.88. The van der Waals surface area contributed by atoms with Crippen LogP contribution in [-0.4, -0.2) is 51.4 Å². The standard InChI is InChI=1S/C31H37F2N3O4S.2ClH/c1-2-21-6-3-7-22(12-21)18-36-20-30(29(34)15-23-13-25(32)17-26(33)14-23)40-31(37)24-8-4-9-27(16-24)41(38,39)28-10-5-11-35-19-28;;/h3-4,6-9,12-14,16-17,28-30,35-36H,2,5,10-11,15,18-20,34H2,1H3;2*1H/t28?,29-,30+;;/m0../s1. The van der Waals surface area contributed by atoms with Gasteiger partial charge in [-0.1, -0.05) is 37.3 Å². The number of carbonyl (C=O) groups excluding carboxylic acids is 1. The summed E-state index contributed by atoms with van der Waals surface area (Å²) in [5.41, 5.74) is 9.09. The van der Waals surface area contributed by atoms with Gasteiger partial charge in [-0.3, -0.25) is 0 Å². The third-order valence-electron chi connectivity index (χ3n) is 7.29. The first-order valence-electron chi connectivity index (χ1n) is 13.9. The maximum absolute atomic E-state index is 13.8. The predicted molar refractivity (Wildman–Crippen MR) is 169 cm³/mol. The van der Waals surface area contributed by atoms with Crippen molar-refractivity contribution in [3.63, 3.8) is 0 Å². The van der Waals surface area contributed by atoms with E-state index in [1.165, 1.54) is 42.0 Å². The number of piperidine rings is 1. The molecular weight excluding hydrogens is 619 g/mol. The van der Waals surface area contributed by atoms with Crippen molar-refractivity contribution >= 4 is 40.6 Å². The van der Waals surface area contributed by atoms with Gasteiger partial charge < -0.3 is 21.1 Å². The van der Waals surface area contributed by atoms with Gasteiger partial charge in [0, 0.05) is 31.7 Å². The van der Waals surface area contributed by atoms with Crippen LogP contribution in [0.25, 0.3) is 0 Å². The van der Waals surface area contributed by atoms with Crippen LogP contribution in [0.2, 0.25) is 0 Å². The van der Waals surface area contributed by atoms with Gasteiger partial charge in [0.1, 0.15) is 17.7 Å². The first-order valence-corrected chi connectivity index (χ1v) is 15.4. The van der Waals surface area contributed by atoms with E-state index in [4.69, 9.17) is 10.5 Å². The summed E-state index contributed by atoms with van der Waals surface area (Å²) >= 11 is 0. The number of hydrogen-bond acceptors (Lipinski definition) is 7. The van der Waals surface area contributed by atoms with E-state index in [1.54, 1.807) is 0 Å². The van der Waals surface area contributed by atoms with Crippen molar-refractivity contribution in [1.29, 1.82) is 0 Å². The number of ether oxygens (including phenoxy) is 1. The third kappa shape index (κ3) is 10.2. The van der Waals surface area contributed by atoms with E-state index in [0.717, 1.165) is 31.0 Å². The monoisotopic (exact) mass is 657 g/mol. The topological polar surface area (TPSA) is 111 Å². The number of halogens is 4. The smallest absolute Gasteiger partial charge is 0.338 e. The Morgan fingerprint density at radius 1 is 1.02 bits per heavy atom. The summed E-state index contributed by atoms with van der Waals surface area (Å²) in [5, 5.41) is 5.82. The van der Waals surface area contributed by atoms with Crippen molar-refractivity contribution in [3.05, 3.63) is 101 Å². The second kappa shape index (κ2) is 17.0. The maximum atomic E-state index is 13.8. The predicted octanol–water partition coefficient (Wildman–Crippen LogP) is 4.78. The first-order chi connectivity index (χ1) is 19.7. The fraction of sp³-hybridized carbons (Fsp3) is 0.387. The Morgan fingerprint density at radius 2 is 1.72 bits per heavy atom. The summed E-state index contributed by atoms with van der Waals surface area (Å²) in [6.07, 6.45) is 1.40. The normalized spacial score (nSPS) is 16.3. The SMILES string of the molecule is CCc1cccc(CNC[C@@H](OC(=O)c2cccc(S(=O)(=O)C3CCCNC3)c2)[C@@H](N)Cc2cc(F)cc(F)c2)c1.Cl.Cl. The third-order valence-corrected chi connectivity index (χ3v) is 9.48. The van der Waals surface area contributed by atoms with Crippen LogP contribution in [0.1, 0.15) is 46.8 Å². The molecule has 1 heterocycles. The highest BCUT2D eigenvalue weighted by atomic mass is 35.5. The van der Waals surface area contributed by atoms with E-state index >= 15 is 0 Å². The molecule has 0 bridgehead atoms. The van der Waals surface area contributed by atoms with Crippen LogP contribution in [0.4, 0.5) is 8.78 Å². The molecular formula is C31H39Cl2F2N3O4S. The minimum Gasteiger partial charge on any atom is -0.456 e. The van der Waals surface area contributed by atoms with Gasteiger partial charge in [-0.05, 0) is 79.3 Å². The van der Waals surface area contributed by atoms with Gasteiger partial charge in [-0.25, -0.2) is 22.0 Å². The van der Waals surface area contributed by atoms with Crippen LogP contribution in [0, 0.1) is 11.6 Å². The number of hydrogen-bond donors (Lipinski definition) is 3. The highest BCUT2D eigenvalue weighted by Gasteiger charge is 2.30. The van der Waals surface area contributed by atoms with Crippen LogP contribution < -0.4 is 16.4 Å². The Balaban J connectivity index is 0.00000323. The lowest BCUT2D eigenvalue weighted by Crippen LogP contribution is -2.46. The van der Waals surface area contributed by atoms with Crippen molar-refractivity contribution in [2.24, 2.45) is 5.73 Å². The fourth-order valence-electron chi connectivity index (χ4n) is 5.01. The minimum atomic E-state index is -3.64. The highest BCUT2D eigenvalue weighted by molar-refractivity contribution is 7.92. The van der Waals surface area contributed by atoms with Crippen LogP contribution in [0.3, 0.4) is 0 Å². The molecule has 12 heteroatoms. The van der Waals surface area contributed by atoms with E-state index in [0.29, 0.717) is 25.1 Å². The zero-order valence-corrected chi connectivity index (χ0v) is 26.4. The van der Waals surface area contributed by atoms with Gasteiger partial charge >= 0.3 is 5.97 Å². The molecule has 236 valence electrons. The van der Waals surface area contributed by atoms with Crippen LogP contribution in [0.15, 0.2) is 71.6 Å². The zero-order valence-electron chi connectivity index (χ0n) is 23.9. The molecule has 0 spiro atoms. The van der Waals surface area contributed by atoms with Gasteiger partial charge in [-0.2, -0.15) is 0 Å². The molecule has 0 radical (unpaired) electrons. The molecule has 3 aromatic rings. The van der Waals surface area contributed by atoms with E-state index in [1.807, 2.05) is 18.2 Å². The second-order valence-electron chi connectivity index (χ2n) is 10.4. The van der Waals surface area contributed by atoms with Crippen LogP contribution in [-0.2, 0) is 34.0 Å². The molecule has 3 aromatic carbocycles. The number of aryl methyl sites for hydroxylation is 1. The average molecular weight is 659 g/mol. The van der Waals surface area contributed by atoms with Crippen molar-refractivity contribution < 1.29 is 26.7 Å². The number of carbonyl (C=O) groups is 1. The maximum Gasteiger partial charge on any atom is 0.338 e. The molecule has 1 aliphatic rings. The van der Waals surface area contributed by atoms with Crippen LogP contribution in [0.5, 0.6) is 0 Å². The first kappa shape index (κ1) is 36.6. The molecule has 4 N–H and O–H groups in total. The highest BCUT2D eigenvalue weighted by Crippen LogP contribution is 2.23. The Hall–Kier alpha value is -2.60. The second-order valence-corrected chi connectivity index (χ2v) is 12.7. The molecule has 4 rings (SSSR count). The fourth-order valence-corrected chi connectivity index (χ4v) is 6.77. The zero-order chi connectivity index (χ0) is 29.4. The molecule has 0 aliphatic carbocycles. The molecule has 43 heavy (non-hydrogen) atoms. The Labute approximate surface area is 264 Å². The summed E-state index contributed by atoms with van der Waals surface area (Å²) in [6, 6.07) is 16.3. The van der Waals surface area contributed by atoms with Gasteiger partial charge in [0.15, 0.2) is 9.84 Å². The lowest BCUT2D eigenvalue weighted by atomic mass is 10.0. The lowest BCUT2D eigenvalue weighted by Gasteiger charge is -2.25. The van der Waals surface area contributed by atoms with Crippen molar-refractivity contribution in [2.45, 2.75) is 61.4 Å². The van der Waals surface area contributed by atoms with E-state index in [2.05, 4.69) is 23.6 Å². The van der Waals surface area contributed by atoms with E-state index in [-0.39, 0.29) is 48.2 Å². The van der Waals surface area contributed by atoms with Gasteiger partial charge in [0.05, 0.1) is 15.7 Å². The quantitative estimate of drug-likeness (QED) is 0.241. The van der Waals surface area contributed by atoms with Crippen molar-refractivity contribution in [1.82, 2.24) is 10.6 Å². The number of sulfone groups is 1. The summed E-state index contributed by atoms with van der Waals surface area (Å²) in [4.78, 5) is 13.3. The van der Waals surface area contributed by atoms with Crippen LogP contribution >= 0.6 is 24.8 Å². The van der Waals surface area contributed by atoms with E-state index < -0.39 is 44.8 Å². The molecule has 0 saturated carbocycles. The number of rotatable bonds is 12. The molecule has 1 unspecified atom stereocenters. The minimum absolute atomic E-state index is 0. The molecule has 1 aliphatic heterocycles.